The second-order valence-corrected chi connectivity index (χ2v) is 10.0. The third-order valence-corrected chi connectivity index (χ3v) is 5.82. The summed E-state index contributed by atoms with van der Waals surface area (Å²) in [5, 5.41) is 30.4. The smallest absolute Gasteiger partial charge is 0.305 e. The molecule has 32 heavy (non-hydrogen) atoms. The van der Waals surface area contributed by atoms with Gasteiger partial charge >= 0.3 is 5.97 Å². The van der Waals surface area contributed by atoms with Crippen molar-refractivity contribution in [3.63, 3.8) is 0 Å². The predicted octanol–water partition coefficient (Wildman–Crippen LogP) is 2.37. The Bertz CT molecular complexity index is 497. The maximum Gasteiger partial charge on any atom is 0.305 e. The largest absolute Gasteiger partial charge is 0.463 e. The summed E-state index contributed by atoms with van der Waals surface area (Å²) in [5.41, 5.74) is 0. The van der Waals surface area contributed by atoms with Gasteiger partial charge < -0.3 is 34.0 Å². The van der Waals surface area contributed by atoms with E-state index in [0.29, 0.717) is 13.0 Å². The van der Waals surface area contributed by atoms with Gasteiger partial charge in [0.25, 0.3) is 0 Å². The van der Waals surface area contributed by atoms with Gasteiger partial charge in [0.05, 0.1) is 34.3 Å². The fourth-order valence-electron chi connectivity index (χ4n) is 3.76. The van der Waals surface area contributed by atoms with Crippen molar-refractivity contribution in [2.24, 2.45) is 0 Å². The highest BCUT2D eigenvalue weighted by molar-refractivity contribution is 5.69. The monoisotopic (exact) mass is 462 g/mol. The molecule has 0 aliphatic carbocycles. The van der Waals surface area contributed by atoms with E-state index in [2.05, 4.69) is 28.1 Å². The Labute approximate surface area is 194 Å². The van der Waals surface area contributed by atoms with Crippen molar-refractivity contribution < 1.29 is 38.8 Å². The Morgan fingerprint density at radius 1 is 0.844 bits per heavy atom. The number of hydrogen-bond acceptors (Lipinski definition) is 7. The van der Waals surface area contributed by atoms with Crippen molar-refractivity contribution in [1.82, 2.24) is 0 Å². The molecule has 8 nitrogen and oxygen atoms in total. The average Bonchev–Trinajstić information content (AvgIpc) is 2.73. The van der Waals surface area contributed by atoms with Gasteiger partial charge in [-0.15, -0.1) is 0 Å². The maximum atomic E-state index is 12.0. The summed E-state index contributed by atoms with van der Waals surface area (Å²) in [4.78, 5) is 12.0. The summed E-state index contributed by atoms with van der Waals surface area (Å²) < 4.78 is 17.2. The molecule has 1 aliphatic rings. The summed E-state index contributed by atoms with van der Waals surface area (Å²) in [6.45, 7) is 3.27. The van der Waals surface area contributed by atoms with Crippen LogP contribution in [0.1, 0.15) is 77.6 Å². The van der Waals surface area contributed by atoms with E-state index in [1.54, 1.807) is 0 Å². The van der Waals surface area contributed by atoms with Gasteiger partial charge in [-0.05, 0) is 6.42 Å². The molecule has 0 aromatic carbocycles. The highest BCUT2D eigenvalue weighted by atomic mass is 16.7. The molecule has 190 valence electrons. The molecular weight excluding hydrogens is 414 g/mol. The fraction of sp³-hybridized carbons (Fsp3) is 0.958. The molecule has 5 unspecified atom stereocenters. The van der Waals surface area contributed by atoms with Gasteiger partial charge in [-0.25, -0.2) is 0 Å². The van der Waals surface area contributed by atoms with Gasteiger partial charge in [-0.1, -0.05) is 58.3 Å². The molecule has 0 saturated carbocycles. The van der Waals surface area contributed by atoms with E-state index in [9.17, 15) is 20.1 Å². The van der Waals surface area contributed by atoms with E-state index in [1.165, 1.54) is 38.5 Å². The van der Waals surface area contributed by atoms with Crippen LogP contribution in [0.15, 0.2) is 0 Å². The Kier molecular flexibility index (Phi) is 14.6. The van der Waals surface area contributed by atoms with Gasteiger partial charge in [0, 0.05) is 12.8 Å². The topological polar surface area (TPSA) is 105 Å². The Morgan fingerprint density at radius 3 is 2.03 bits per heavy atom. The number of aliphatic hydroxyl groups is 3. The van der Waals surface area contributed by atoms with Gasteiger partial charge in [0.2, 0.25) is 0 Å². The first kappa shape index (κ1) is 29.3. The van der Waals surface area contributed by atoms with Crippen LogP contribution in [0.2, 0.25) is 0 Å². The normalized spacial score (nSPS) is 26.3. The molecule has 1 saturated heterocycles. The molecule has 0 radical (unpaired) electrons. The van der Waals surface area contributed by atoms with Gasteiger partial charge in [-0.2, -0.15) is 0 Å². The summed E-state index contributed by atoms with van der Waals surface area (Å²) in [6.07, 6.45) is 5.49. The number of aliphatic hydroxyl groups excluding tert-OH is 3. The SMILES string of the molecule is CCCCCCCCCCCC(=O)OCC1OC(OCCC[N+](C)(C)C)C(O)C(O)C1O. The minimum atomic E-state index is -1.42. The molecule has 3 N–H and O–H groups in total. The molecular formula is C24H48NO7+. The van der Waals surface area contributed by atoms with Crippen molar-refractivity contribution in [1.29, 1.82) is 0 Å². The lowest BCUT2D eigenvalue weighted by atomic mass is 9.99. The van der Waals surface area contributed by atoms with E-state index in [1.807, 2.05) is 0 Å². The van der Waals surface area contributed by atoms with Crippen LogP contribution >= 0.6 is 0 Å². The number of rotatable bonds is 17. The molecule has 1 aliphatic heterocycles. The summed E-state index contributed by atoms with van der Waals surface area (Å²) in [7, 11) is 6.22. The van der Waals surface area contributed by atoms with E-state index in [0.717, 1.165) is 36.7 Å². The van der Waals surface area contributed by atoms with Crippen LogP contribution in [0, 0.1) is 0 Å². The summed E-state index contributed by atoms with van der Waals surface area (Å²) in [5.74, 6) is -0.343. The van der Waals surface area contributed by atoms with Crippen molar-refractivity contribution in [3.8, 4) is 0 Å². The van der Waals surface area contributed by atoms with Gasteiger partial charge in [0.1, 0.15) is 31.0 Å². The highest BCUT2D eigenvalue weighted by Crippen LogP contribution is 2.23. The molecule has 1 heterocycles. The first-order chi connectivity index (χ1) is 15.2. The quantitative estimate of drug-likeness (QED) is 0.173. The first-order valence-electron chi connectivity index (χ1n) is 12.4. The summed E-state index contributed by atoms with van der Waals surface area (Å²) >= 11 is 0. The third kappa shape index (κ3) is 12.5. The molecule has 0 amide bonds. The summed E-state index contributed by atoms with van der Waals surface area (Å²) in [6, 6.07) is 0. The zero-order valence-corrected chi connectivity index (χ0v) is 20.7. The second-order valence-electron chi connectivity index (χ2n) is 10.0. The molecule has 0 bridgehead atoms. The van der Waals surface area contributed by atoms with Gasteiger partial charge in [-0.3, -0.25) is 4.79 Å². The van der Waals surface area contributed by atoms with Crippen molar-refractivity contribution in [2.75, 3.05) is 40.9 Å². The molecule has 0 aromatic rings. The lowest BCUT2D eigenvalue weighted by Gasteiger charge is -2.40. The van der Waals surface area contributed by atoms with Gasteiger partial charge in [0.15, 0.2) is 6.29 Å². The molecule has 0 aromatic heterocycles. The zero-order chi connectivity index (χ0) is 24.0. The lowest BCUT2D eigenvalue weighted by molar-refractivity contribution is -0.870. The van der Waals surface area contributed by atoms with Crippen LogP contribution in [-0.4, -0.2) is 97.4 Å². The molecule has 1 rings (SSSR count). The molecule has 0 spiro atoms. The Morgan fingerprint density at radius 2 is 1.44 bits per heavy atom. The first-order valence-corrected chi connectivity index (χ1v) is 12.4. The van der Waals surface area contributed by atoms with Crippen molar-refractivity contribution in [2.45, 2.75) is 108 Å². The van der Waals surface area contributed by atoms with Crippen LogP contribution in [-0.2, 0) is 19.0 Å². The Balaban J connectivity index is 2.24. The third-order valence-electron chi connectivity index (χ3n) is 5.82. The lowest BCUT2D eigenvalue weighted by Crippen LogP contribution is -2.59. The number of esters is 1. The number of unbranched alkanes of at least 4 members (excludes halogenated alkanes) is 8. The number of nitrogens with zero attached hydrogens (tertiary/aromatic N) is 1. The van der Waals surface area contributed by atoms with E-state index in [-0.39, 0.29) is 12.6 Å². The molecule has 8 heteroatoms. The average molecular weight is 463 g/mol. The number of hydrogen-bond donors (Lipinski definition) is 3. The fourth-order valence-corrected chi connectivity index (χ4v) is 3.76. The number of carbonyl (C=O) groups is 1. The minimum Gasteiger partial charge on any atom is -0.463 e. The van der Waals surface area contributed by atoms with Crippen LogP contribution < -0.4 is 0 Å². The van der Waals surface area contributed by atoms with E-state index < -0.39 is 30.7 Å². The number of carbonyl (C=O) groups excluding carboxylic acids is 1. The second kappa shape index (κ2) is 16.0. The van der Waals surface area contributed by atoms with Crippen LogP contribution in [0.25, 0.3) is 0 Å². The van der Waals surface area contributed by atoms with Crippen LogP contribution in [0.4, 0.5) is 0 Å². The van der Waals surface area contributed by atoms with Crippen LogP contribution in [0.5, 0.6) is 0 Å². The van der Waals surface area contributed by atoms with Crippen molar-refractivity contribution >= 4 is 5.97 Å². The van der Waals surface area contributed by atoms with Crippen molar-refractivity contribution in [3.05, 3.63) is 0 Å². The van der Waals surface area contributed by atoms with E-state index >= 15 is 0 Å². The maximum absolute atomic E-state index is 12.0. The predicted molar refractivity (Wildman–Crippen MR) is 123 cm³/mol. The van der Waals surface area contributed by atoms with E-state index in [4.69, 9.17) is 14.2 Å². The molecule has 5 atom stereocenters. The number of ether oxygens (including phenoxy) is 3. The molecule has 1 fully saturated rings. The standard InChI is InChI=1S/C24H48NO7/c1-5-6-7-8-9-10-11-12-13-15-20(26)31-18-19-21(27)22(28)23(29)24(32-19)30-17-14-16-25(2,3)4/h19,21-24,27-29H,5-18H2,1-4H3/q+1. The highest BCUT2D eigenvalue weighted by Gasteiger charge is 2.44. The zero-order valence-electron chi connectivity index (χ0n) is 20.7. The van der Waals surface area contributed by atoms with Crippen LogP contribution in [0.3, 0.4) is 0 Å². The Hall–Kier alpha value is -0.770. The number of quaternary nitrogens is 1. The minimum absolute atomic E-state index is 0.181.